The molecular formula is C31H29F3N6O2S2. The zero-order chi connectivity index (χ0) is 31.4. The maximum Gasteiger partial charge on any atom is 0.573 e. The second-order valence-corrected chi connectivity index (χ2v) is 11.7. The Kier molecular flexibility index (Phi) is 9.35. The third-order valence-electron chi connectivity index (χ3n) is 6.71. The summed E-state index contributed by atoms with van der Waals surface area (Å²) in [6, 6.07) is 19.2. The van der Waals surface area contributed by atoms with E-state index in [2.05, 4.69) is 45.0 Å². The number of benzene rings is 3. The van der Waals surface area contributed by atoms with Crippen molar-refractivity contribution in [1.82, 2.24) is 20.1 Å². The highest BCUT2D eigenvalue weighted by Gasteiger charge is 2.32. The van der Waals surface area contributed by atoms with Gasteiger partial charge in [-0.05, 0) is 84.6 Å². The maximum atomic E-state index is 12.8. The van der Waals surface area contributed by atoms with E-state index in [0.717, 1.165) is 27.9 Å². The Bertz CT molecular complexity index is 1700. The van der Waals surface area contributed by atoms with E-state index in [0.29, 0.717) is 40.5 Å². The zero-order valence-electron chi connectivity index (χ0n) is 24.1. The summed E-state index contributed by atoms with van der Waals surface area (Å²) in [7, 11) is 0. The molecule has 0 spiro atoms. The van der Waals surface area contributed by atoms with Crippen LogP contribution in [0.5, 0.6) is 5.75 Å². The van der Waals surface area contributed by atoms with Crippen molar-refractivity contribution in [3.8, 4) is 22.8 Å². The number of alkyl halides is 3. The van der Waals surface area contributed by atoms with Crippen molar-refractivity contribution in [1.29, 1.82) is 0 Å². The molecule has 4 aromatic rings. The summed E-state index contributed by atoms with van der Waals surface area (Å²) >= 11 is 6.88. The molecule has 1 aliphatic rings. The number of amides is 1. The molecular weight excluding hydrogens is 610 g/mol. The zero-order valence-corrected chi connectivity index (χ0v) is 25.8. The molecule has 1 fully saturated rings. The Morgan fingerprint density at radius 2 is 1.91 bits per heavy atom. The van der Waals surface area contributed by atoms with Gasteiger partial charge in [-0.25, -0.2) is 9.67 Å². The molecule has 0 unspecified atom stereocenters. The van der Waals surface area contributed by atoms with Crippen LogP contribution < -0.4 is 15.0 Å². The molecule has 228 valence electrons. The van der Waals surface area contributed by atoms with Crippen LogP contribution in [0.15, 0.2) is 78.0 Å². The Balaban J connectivity index is 1.21. The smallest absolute Gasteiger partial charge is 0.406 e. The Morgan fingerprint density at radius 3 is 2.64 bits per heavy atom. The van der Waals surface area contributed by atoms with Gasteiger partial charge >= 0.3 is 6.36 Å². The van der Waals surface area contributed by atoms with Crippen LogP contribution in [-0.2, 0) is 11.2 Å². The molecule has 3 aromatic carbocycles. The minimum Gasteiger partial charge on any atom is -0.406 e. The van der Waals surface area contributed by atoms with Gasteiger partial charge in [0.2, 0.25) is 5.91 Å². The number of hydrogen-bond donors (Lipinski definition) is 1. The fourth-order valence-electron chi connectivity index (χ4n) is 4.64. The van der Waals surface area contributed by atoms with Crippen LogP contribution in [0.4, 0.5) is 18.9 Å². The second kappa shape index (κ2) is 13.2. The molecule has 1 N–H and O–H groups in total. The molecule has 8 nitrogen and oxygen atoms in total. The first-order valence-electron chi connectivity index (χ1n) is 13.8. The summed E-state index contributed by atoms with van der Waals surface area (Å²) in [5, 5.41) is 8.51. The van der Waals surface area contributed by atoms with E-state index >= 15 is 0 Å². The molecule has 0 bridgehead atoms. The van der Waals surface area contributed by atoms with E-state index in [9.17, 15) is 18.0 Å². The van der Waals surface area contributed by atoms with Crippen LogP contribution in [0.3, 0.4) is 0 Å². The third-order valence-corrected chi connectivity index (χ3v) is 7.87. The first-order chi connectivity index (χ1) is 21.0. The van der Waals surface area contributed by atoms with Crippen molar-refractivity contribution in [2.24, 2.45) is 4.99 Å². The number of thiocarbonyl (C=S) groups is 1. The van der Waals surface area contributed by atoms with Gasteiger partial charge in [0, 0.05) is 12.1 Å². The number of aryl methyl sites for hydroxylation is 1. The third kappa shape index (κ3) is 7.64. The minimum atomic E-state index is -4.75. The average molecular weight is 639 g/mol. The quantitative estimate of drug-likeness (QED) is 0.212. The van der Waals surface area contributed by atoms with Crippen molar-refractivity contribution >= 4 is 45.9 Å². The molecule has 2 heterocycles. The number of anilines is 1. The summed E-state index contributed by atoms with van der Waals surface area (Å²) in [5.74, 6) is 0.680. The second-order valence-electron chi connectivity index (χ2n) is 10.4. The van der Waals surface area contributed by atoms with Gasteiger partial charge in [0.1, 0.15) is 12.1 Å². The summed E-state index contributed by atoms with van der Waals surface area (Å²) in [6.07, 6.45) is -2.61. The Morgan fingerprint density at radius 1 is 1.14 bits per heavy atom. The predicted molar refractivity (Wildman–Crippen MR) is 170 cm³/mol. The number of carbonyl (C=O) groups excluding carboxylic acids is 1. The molecule has 13 heteroatoms. The molecule has 1 aromatic heterocycles. The lowest BCUT2D eigenvalue weighted by atomic mass is 9.99. The van der Waals surface area contributed by atoms with Crippen LogP contribution in [0.1, 0.15) is 36.5 Å². The highest BCUT2D eigenvalue weighted by molar-refractivity contribution is 8.15. The van der Waals surface area contributed by atoms with E-state index in [1.165, 1.54) is 47.0 Å². The number of aromatic nitrogens is 3. The average Bonchev–Trinajstić information content (AvgIpc) is 3.60. The minimum absolute atomic E-state index is 0.0237. The molecule has 0 saturated carbocycles. The van der Waals surface area contributed by atoms with Crippen molar-refractivity contribution in [3.05, 3.63) is 89.7 Å². The summed E-state index contributed by atoms with van der Waals surface area (Å²) in [4.78, 5) is 23.5. The molecule has 1 saturated heterocycles. The van der Waals surface area contributed by atoms with Gasteiger partial charge in [-0.1, -0.05) is 55.9 Å². The van der Waals surface area contributed by atoms with E-state index in [1.807, 2.05) is 43.3 Å². The van der Waals surface area contributed by atoms with Crippen LogP contribution in [0.25, 0.3) is 17.1 Å². The van der Waals surface area contributed by atoms with Gasteiger partial charge in [0.15, 0.2) is 16.1 Å². The largest absolute Gasteiger partial charge is 0.573 e. The van der Waals surface area contributed by atoms with Gasteiger partial charge in [0.25, 0.3) is 0 Å². The van der Waals surface area contributed by atoms with Gasteiger partial charge in [0.05, 0.1) is 17.1 Å². The summed E-state index contributed by atoms with van der Waals surface area (Å²) < 4.78 is 42.7. The van der Waals surface area contributed by atoms with Gasteiger partial charge in [-0.2, -0.15) is 4.99 Å². The monoisotopic (exact) mass is 638 g/mol. The number of nitrogens with one attached hydrogen (secondary N) is 1. The van der Waals surface area contributed by atoms with E-state index in [4.69, 9.17) is 12.2 Å². The molecule has 44 heavy (non-hydrogen) atoms. The van der Waals surface area contributed by atoms with Gasteiger partial charge in [-0.3, -0.25) is 9.69 Å². The van der Waals surface area contributed by atoms with E-state index in [1.54, 1.807) is 4.90 Å². The lowest BCUT2D eigenvalue weighted by Gasteiger charge is -2.22. The lowest BCUT2D eigenvalue weighted by Crippen LogP contribution is -2.32. The van der Waals surface area contributed by atoms with Crippen LogP contribution in [-0.4, -0.2) is 49.6 Å². The highest BCUT2D eigenvalue weighted by Crippen LogP contribution is 2.34. The SMILES string of the molecule is Cc1ccc(C(C)C)c(N2C(=O)CS/C2=N\C(=S)NCCc2cccc(-c3ncn(-c4ccc(OC(F)(F)F)cc4)n3)c2)c1. The number of amidine groups is 1. The number of rotatable bonds is 8. The van der Waals surface area contributed by atoms with Crippen LogP contribution in [0.2, 0.25) is 0 Å². The number of thioether (sulfide) groups is 1. The van der Waals surface area contributed by atoms with Crippen LogP contribution in [0, 0.1) is 6.92 Å². The molecule has 1 aliphatic heterocycles. The predicted octanol–water partition coefficient (Wildman–Crippen LogP) is 6.82. The molecule has 0 atom stereocenters. The first-order valence-corrected chi connectivity index (χ1v) is 15.2. The summed E-state index contributed by atoms with van der Waals surface area (Å²) in [5.41, 5.74) is 5.33. The molecule has 5 rings (SSSR count). The van der Waals surface area contributed by atoms with Crippen molar-refractivity contribution in [2.45, 2.75) is 39.5 Å². The van der Waals surface area contributed by atoms with E-state index < -0.39 is 6.36 Å². The standard InChI is InChI=1S/C31H29F3N6O2S2/c1-19(2)25-12-7-20(3)15-26(25)40-27(41)17-44-30(40)37-29(43)35-14-13-21-5-4-6-22(16-21)28-36-18-39(38-28)23-8-10-24(11-9-23)42-31(32,33)34/h4-12,15-16,18-19H,13-14,17H2,1-3H3,(H,35,43)/b37-30-. The molecule has 0 radical (unpaired) electrons. The number of ether oxygens (including phenoxy) is 1. The fourth-order valence-corrected chi connectivity index (χ4v) is 5.76. The number of nitrogens with zero attached hydrogens (tertiary/aromatic N) is 5. The molecule has 0 aliphatic carbocycles. The maximum absolute atomic E-state index is 12.8. The molecule has 1 amide bonds. The number of carbonyl (C=O) groups is 1. The summed E-state index contributed by atoms with van der Waals surface area (Å²) in [6.45, 7) is 6.72. The fraction of sp³-hybridized carbons (Fsp3) is 0.258. The Labute approximate surface area is 262 Å². The lowest BCUT2D eigenvalue weighted by molar-refractivity contribution is -0.274. The van der Waals surface area contributed by atoms with Crippen LogP contribution >= 0.6 is 24.0 Å². The van der Waals surface area contributed by atoms with Gasteiger partial charge < -0.3 is 10.1 Å². The van der Waals surface area contributed by atoms with Crippen molar-refractivity contribution in [3.63, 3.8) is 0 Å². The van der Waals surface area contributed by atoms with E-state index in [-0.39, 0.29) is 17.6 Å². The first kappa shape index (κ1) is 31.2. The number of hydrogen-bond acceptors (Lipinski definition) is 6. The van der Waals surface area contributed by atoms with Crippen molar-refractivity contribution in [2.75, 3.05) is 17.2 Å². The highest BCUT2D eigenvalue weighted by atomic mass is 32.2. The van der Waals surface area contributed by atoms with Crippen molar-refractivity contribution < 1.29 is 22.7 Å². The topological polar surface area (TPSA) is 84.6 Å². The number of halogens is 3. The van der Waals surface area contributed by atoms with Gasteiger partial charge in [-0.15, -0.1) is 18.3 Å². The Hall–Kier alpha value is -4.23. The normalized spacial score (nSPS) is 14.5. The number of aliphatic imine (C=N–C) groups is 1.